The largest absolute Gasteiger partial charge is 0.465 e. The van der Waals surface area contributed by atoms with Crippen molar-refractivity contribution in [1.82, 2.24) is 24.4 Å². The van der Waals surface area contributed by atoms with Gasteiger partial charge in [-0.15, -0.1) is 0 Å². The fourth-order valence-corrected chi connectivity index (χ4v) is 4.80. The lowest BCUT2D eigenvalue weighted by atomic mass is 9.84. The maximum atomic E-state index is 11.2. The Labute approximate surface area is 161 Å². The number of H-pyrrole nitrogens is 1. The first-order valence-corrected chi connectivity index (χ1v) is 9.84. The number of carboxylic acid groups (broad SMARTS) is 1. The third-order valence-corrected chi connectivity index (χ3v) is 6.34. The highest BCUT2D eigenvalue weighted by molar-refractivity contribution is 6.01. The summed E-state index contributed by atoms with van der Waals surface area (Å²) in [4.78, 5) is 25.2. The molecule has 0 aromatic carbocycles. The average Bonchev–Trinajstić information content (AvgIpc) is 3.25. The number of imidazole rings is 1. The number of carbonyl (C=O) groups is 1. The Hall–Kier alpha value is -3.08. The van der Waals surface area contributed by atoms with Gasteiger partial charge in [-0.05, 0) is 37.7 Å². The second-order valence-electron chi connectivity index (χ2n) is 7.99. The molecule has 4 heterocycles. The summed E-state index contributed by atoms with van der Waals surface area (Å²) in [6, 6.07) is 4.68. The molecule has 0 unspecified atom stereocenters. The number of aromatic nitrogens is 4. The van der Waals surface area contributed by atoms with Crippen LogP contribution in [0.4, 0.5) is 4.79 Å². The monoisotopic (exact) mass is 378 g/mol. The summed E-state index contributed by atoms with van der Waals surface area (Å²) in [6.45, 7) is 0.984. The Kier molecular flexibility index (Phi) is 3.97. The lowest BCUT2D eigenvalue weighted by Crippen LogP contribution is -2.48. The van der Waals surface area contributed by atoms with Gasteiger partial charge in [0.25, 0.3) is 0 Å². The van der Waals surface area contributed by atoms with Crippen molar-refractivity contribution < 1.29 is 9.90 Å². The number of nitrogens with one attached hydrogen (secondary N) is 1. The molecule has 144 valence electrons. The summed E-state index contributed by atoms with van der Waals surface area (Å²) in [5.41, 5.74) is 2.81. The molecule has 1 saturated heterocycles. The smallest absolute Gasteiger partial charge is 0.407 e. The van der Waals surface area contributed by atoms with E-state index in [1.54, 1.807) is 0 Å². The quantitative estimate of drug-likeness (QED) is 0.723. The number of nitrogens with zero attached hydrogens (tertiary/aromatic N) is 5. The van der Waals surface area contributed by atoms with Gasteiger partial charge in [-0.3, -0.25) is 0 Å². The average molecular weight is 378 g/mol. The molecule has 3 aromatic rings. The number of hydrogen-bond acceptors (Lipinski definition) is 4. The van der Waals surface area contributed by atoms with Crippen molar-refractivity contribution in [3.05, 3.63) is 24.3 Å². The first-order valence-electron chi connectivity index (χ1n) is 9.84. The van der Waals surface area contributed by atoms with Crippen LogP contribution >= 0.6 is 0 Å². The molecule has 8 nitrogen and oxygen atoms in total. The molecule has 0 radical (unpaired) electrons. The maximum absolute atomic E-state index is 11.2. The van der Waals surface area contributed by atoms with E-state index in [2.05, 4.69) is 20.6 Å². The lowest BCUT2D eigenvalue weighted by molar-refractivity contribution is 0.101. The van der Waals surface area contributed by atoms with Crippen LogP contribution in [0.15, 0.2) is 18.5 Å². The number of fused-ring (bicyclic) bond motifs is 3. The Morgan fingerprint density at radius 1 is 1.32 bits per heavy atom. The normalized spacial score (nSPS) is 23.0. The van der Waals surface area contributed by atoms with Crippen molar-refractivity contribution in [3.63, 3.8) is 0 Å². The number of amides is 1. The van der Waals surface area contributed by atoms with E-state index >= 15 is 0 Å². The molecule has 0 bridgehead atoms. The van der Waals surface area contributed by atoms with Gasteiger partial charge in [0.05, 0.1) is 23.7 Å². The second-order valence-corrected chi connectivity index (χ2v) is 7.99. The van der Waals surface area contributed by atoms with Crippen molar-refractivity contribution in [2.75, 3.05) is 13.1 Å². The second kappa shape index (κ2) is 6.51. The molecule has 1 saturated carbocycles. The van der Waals surface area contributed by atoms with Gasteiger partial charge in [0.1, 0.15) is 17.0 Å². The van der Waals surface area contributed by atoms with Crippen LogP contribution < -0.4 is 0 Å². The van der Waals surface area contributed by atoms with Gasteiger partial charge in [-0.2, -0.15) is 5.26 Å². The van der Waals surface area contributed by atoms with Crippen molar-refractivity contribution in [2.24, 2.45) is 5.92 Å². The van der Waals surface area contributed by atoms with E-state index in [9.17, 15) is 9.90 Å². The zero-order chi connectivity index (χ0) is 19.3. The molecule has 5 rings (SSSR count). The number of rotatable bonds is 3. The summed E-state index contributed by atoms with van der Waals surface area (Å²) < 4.78 is 2.36. The van der Waals surface area contributed by atoms with Gasteiger partial charge < -0.3 is 19.6 Å². The Morgan fingerprint density at radius 2 is 2.11 bits per heavy atom. The van der Waals surface area contributed by atoms with Crippen LogP contribution in [0, 0.1) is 17.2 Å². The van der Waals surface area contributed by atoms with Crippen molar-refractivity contribution in [2.45, 2.75) is 44.1 Å². The van der Waals surface area contributed by atoms with Gasteiger partial charge >= 0.3 is 6.09 Å². The summed E-state index contributed by atoms with van der Waals surface area (Å²) in [7, 11) is 0. The first kappa shape index (κ1) is 17.0. The summed E-state index contributed by atoms with van der Waals surface area (Å²) in [5.74, 6) is 1.58. The number of likely N-dealkylation sites (tertiary alicyclic amines) is 1. The minimum atomic E-state index is -0.870. The van der Waals surface area contributed by atoms with Gasteiger partial charge in [0.2, 0.25) is 0 Å². The molecule has 0 spiro atoms. The maximum Gasteiger partial charge on any atom is 0.407 e. The molecule has 2 N–H and O–H groups in total. The van der Waals surface area contributed by atoms with Crippen LogP contribution in [0.5, 0.6) is 0 Å². The Bertz CT molecular complexity index is 1080. The topological polar surface area (TPSA) is 111 Å². The molecular formula is C20H22N6O2. The highest BCUT2D eigenvalue weighted by Crippen LogP contribution is 2.40. The summed E-state index contributed by atoms with van der Waals surface area (Å²) >= 11 is 0. The van der Waals surface area contributed by atoms with Gasteiger partial charge in [-0.25, -0.2) is 14.8 Å². The van der Waals surface area contributed by atoms with Crippen LogP contribution in [-0.2, 0) is 0 Å². The molecule has 1 aliphatic carbocycles. The fourth-order valence-electron chi connectivity index (χ4n) is 4.80. The van der Waals surface area contributed by atoms with Crippen molar-refractivity contribution >= 4 is 28.2 Å². The standard InChI is InChI=1S/C20H22N6O2/c21-7-5-12-1-3-14(4-2-12)26-17-15-6-8-22-18(15)23-9-16(17)24-19(26)13-10-25(11-13)20(27)28/h6,8-9,12-14H,1-5,10-11H2,(H,22,23)(H,27,28)/t12-,14-. The van der Waals surface area contributed by atoms with E-state index in [0.29, 0.717) is 31.5 Å². The fraction of sp³-hybridized carbons (Fsp3) is 0.500. The summed E-state index contributed by atoms with van der Waals surface area (Å²) in [6.07, 6.45) is 7.60. The van der Waals surface area contributed by atoms with Gasteiger partial charge in [0.15, 0.2) is 0 Å². The molecule has 28 heavy (non-hydrogen) atoms. The first-order chi connectivity index (χ1) is 13.7. The number of aromatic amines is 1. The van der Waals surface area contributed by atoms with E-state index in [4.69, 9.17) is 10.2 Å². The number of nitriles is 1. The van der Waals surface area contributed by atoms with Crippen LogP contribution in [0.25, 0.3) is 22.1 Å². The lowest BCUT2D eigenvalue weighted by Gasteiger charge is -2.38. The molecule has 3 aromatic heterocycles. The minimum Gasteiger partial charge on any atom is -0.465 e. The molecular weight excluding hydrogens is 356 g/mol. The Balaban J connectivity index is 1.57. The number of pyridine rings is 1. The van der Waals surface area contributed by atoms with Crippen LogP contribution in [-0.4, -0.2) is 48.7 Å². The molecule has 1 amide bonds. The predicted octanol–water partition coefficient (Wildman–Crippen LogP) is 3.63. The Morgan fingerprint density at radius 3 is 2.82 bits per heavy atom. The number of hydrogen-bond donors (Lipinski definition) is 2. The molecule has 8 heteroatoms. The van der Waals surface area contributed by atoms with E-state index in [-0.39, 0.29) is 5.92 Å². The van der Waals surface area contributed by atoms with Crippen molar-refractivity contribution in [1.29, 1.82) is 5.26 Å². The van der Waals surface area contributed by atoms with Crippen molar-refractivity contribution in [3.8, 4) is 6.07 Å². The van der Waals surface area contributed by atoms with Gasteiger partial charge in [0, 0.05) is 37.1 Å². The van der Waals surface area contributed by atoms with Crippen LogP contribution in [0.1, 0.15) is 49.9 Å². The highest BCUT2D eigenvalue weighted by atomic mass is 16.4. The molecule has 2 aliphatic rings. The van der Waals surface area contributed by atoms with E-state index in [1.807, 2.05) is 18.5 Å². The zero-order valence-electron chi connectivity index (χ0n) is 15.5. The third-order valence-electron chi connectivity index (χ3n) is 6.34. The van der Waals surface area contributed by atoms with Crippen LogP contribution in [0.3, 0.4) is 0 Å². The van der Waals surface area contributed by atoms with E-state index in [0.717, 1.165) is 53.6 Å². The van der Waals surface area contributed by atoms with E-state index < -0.39 is 6.09 Å². The molecule has 0 atom stereocenters. The van der Waals surface area contributed by atoms with E-state index in [1.165, 1.54) is 4.90 Å². The highest BCUT2D eigenvalue weighted by Gasteiger charge is 2.37. The SMILES string of the molecule is N#CC[C@H]1CC[C@H](n2c(C3CN(C(=O)O)C3)nc3cnc4[nH]ccc4c32)CC1. The predicted molar refractivity (Wildman–Crippen MR) is 103 cm³/mol. The minimum absolute atomic E-state index is 0.120. The molecule has 2 fully saturated rings. The third kappa shape index (κ3) is 2.61. The van der Waals surface area contributed by atoms with Gasteiger partial charge in [-0.1, -0.05) is 0 Å². The molecule has 1 aliphatic heterocycles. The summed E-state index contributed by atoms with van der Waals surface area (Å²) in [5, 5.41) is 19.3. The van der Waals surface area contributed by atoms with Crippen LogP contribution in [0.2, 0.25) is 0 Å². The zero-order valence-corrected chi connectivity index (χ0v) is 15.5.